The number of aromatic nitrogens is 3. The topological polar surface area (TPSA) is 88.4 Å². The van der Waals surface area contributed by atoms with Crippen LogP contribution in [0.1, 0.15) is 28.5 Å². The van der Waals surface area contributed by atoms with E-state index in [9.17, 15) is 13.2 Å². The molecule has 9 heteroatoms. The number of benzene rings is 1. The average molecular weight is 440 g/mol. The maximum atomic E-state index is 13.2. The first-order chi connectivity index (χ1) is 15.0. The molecule has 2 aromatic heterocycles. The van der Waals surface area contributed by atoms with Crippen molar-refractivity contribution in [1.82, 2.24) is 24.0 Å². The number of carbonyl (C=O) groups is 1. The molecular weight excluding hydrogens is 414 g/mol. The van der Waals surface area contributed by atoms with E-state index in [0.717, 1.165) is 11.3 Å². The molecule has 1 aromatic carbocycles. The Hall–Kier alpha value is -3.04. The Morgan fingerprint density at radius 1 is 1.00 bits per heavy atom. The second kappa shape index (κ2) is 8.99. The highest BCUT2D eigenvalue weighted by atomic mass is 32.2. The van der Waals surface area contributed by atoms with Gasteiger partial charge in [0.15, 0.2) is 0 Å². The largest absolute Gasteiger partial charge is 0.336 e. The van der Waals surface area contributed by atoms with Crippen molar-refractivity contribution in [2.45, 2.75) is 24.8 Å². The van der Waals surface area contributed by atoms with Gasteiger partial charge in [0.25, 0.3) is 5.91 Å². The molecule has 0 N–H and O–H groups in total. The van der Waals surface area contributed by atoms with Crippen LogP contribution in [-0.4, -0.2) is 64.5 Å². The Bertz CT molecular complexity index is 1140. The van der Waals surface area contributed by atoms with E-state index in [4.69, 9.17) is 0 Å². The first kappa shape index (κ1) is 21.2. The molecule has 4 rings (SSSR count). The quantitative estimate of drug-likeness (QED) is 0.586. The third-order valence-corrected chi connectivity index (χ3v) is 7.37. The van der Waals surface area contributed by atoms with Gasteiger partial charge >= 0.3 is 0 Å². The maximum absolute atomic E-state index is 13.2. The van der Waals surface area contributed by atoms with Gasteiger partial charge in [-0.15, -0.1) is 0 Å². The fourth-order valence-electron chi connectivity index (χ4n) is 3.81. The highest BCUT2D eigenvalue weighted by Gasteiger charge is 2.31. The van der Waals surface area contributed by atoms with Crippen molar-refractivity contribution in [3.8, 4) is 0 Å². The van der Waals surface area contributed by atoms with E-state index in [-0.39, 0.29) is 23.9 Å². The molecule has 1 saturated heterocycles. The number of pyridine rings is 1. The summed E-state index contributed by atoms with van der Waals surface area (Å²) < 4.78 is 28.8. The van der Waals surface area contributed by atoms with E-state index in [0.29, 0.717) is 31.6 Å². The molecule has 162 valence electrons. The molecule has 0 spiro atoms. The number of amides is 1. The fraction of sp³-hybridized carbons (Fsp3) is 0.318. The number of hydrogen-bond donors (Lipinski definition) is 0. The van der Waals surface area contributed by atoms with E-state index >= 15 is 0 Å². The predicted molar refractivity (Wildman–Crippen MR) is 116 cm³/mol. The summed E-state index contributed by atoms with van der Waals surface area (Å²) in [6, 6.07) is 13.1. The lowest BCUT2D eigenvalue weighted by molar-refractivity contribution is 0.0696. The third-order valence-electron chi connectivity index (χ3n) is 5.49. The maximum Gasteiger partial charge on any atom is 0.257 e. The zero-order valence-electron chi connectivity index (χ0n) is 17.4. The summed E-state index contributed by atoms with van der Waals surface area (Å²) in [5, 5.41) is 4.45. The minimum Gasteiger partial charge on any atom is -0.336 e. The standard InChI is InChI=1S/C22H25N5O3S/c1-2-21-20(16-24-27(21)17-18-7-4-3-5-8-18)22(28)25-11-13-26(14-12-25)31(29,30)19-9-6-10-23-15-19/h3-10,15-16H,2,11-14,17H2,1H3. The van der Waals surface area contributed by atoms with Crippen molar-refractivity contribution >= 4 is 15.9 Å². The molecule has 0 atom stereocenters. The Kier molecular flexibility index (Phi) is 6.15. The Balaban J connectivity index is 1.45. The molecule has 3 aromatic rings. The molecule has 0 bridgehead atoms. The molecular formula is C22H25N5O3S. The molecule has 1 aliphatic heterocycles. The fourth-order valence-corrected chi connectivity index (χ4v) is 5.19. The minimum absolute atomic E-state index is 0.102. The van der Waals surface area contributed by atoms with Crippen LogP contribution in [0.25, 0.3) is 0 Å². The highest BCUT2D eigenvalue weighted by Crippen LogP contribution is 2.19. The van der Waals surface area contributed by atoms with Crippen LogP contribution in [0.4, 0.5) is 0 Å². The summed E-state index contributed by atoms with van der Waals surface area (Å²) >= 11 is 0. The van der Waals surface area contributed by atoms with Gasteiger partial charge in [0, 0.05) is 38.6 Å². The highest BCUT2D eigenvalue weighted by molar-refractivity contribution is 7.89. The second-order valence-electron chi connectivity index (χ2n) is 7.39. The van der Waals surface area contributed by atoms with Crippen LogP contribution < -0.4 is 0 Å². The lowest BCUT2D eigenvalue weighted by Crippen LogP contribution is -2.50. The molecule has 1 fully saturated rings. The SMILES string of the molecule is CCc1c(C(=O)N2CCN(S(=O)(=O)c3cccnc3)CC2)cnn1Cc1ccccc1. The van der Waals surface area contributed by atoms with Gasteiger partial charge in [-0.1, -0.05) is 37.3 Å². The summed E-state index contributed by atoms with van der Waals surface area (Å²) in [6.45, 7) is 3.80. The Labute approximate surface area is 182 Å². The molecule has 1 amide bonds. The molecule has 0 aliphatic carbocycles. The van der Waals surface area contributed by atoms with Gasteiger partial charge < -0.3 is 4.90 Å². The van der Waals surface area contributed by atoms with Gasteiger partial charge in [0.2, 0.25) is 10.0 Å². The van der Waals surface area contributed by atoms with Gasteiger partial charge in [-0.25, -0.2) is 8.42 Å². The molecule has 8 nitrogen and oxygen atoms in total. The number of nitrogens with zero attached hydrogens (tertiary/aromatic N) is 5. The van der Waals surface area contributed by atoms with Gasteiger partial charge in [-0.2, -0.15) is 9.40 Å². The monoisotopic (exact) mass is 439 g/mol. The van der Waals surface area contributed by atoms with E-state index in [1.54, 1.807) is 23.4 Å². The molecule has 31 heavy (non-hydrogen) atoms. The first-order valence-corrected chi connectivity index (χ1v) is 11.7. The van der Waals surface area contributed by atoms with Crippen LogP contribution in [0, 0.1) is 0 Å². The molecule has 3 heterocycles. The van der Waals surface area contributed by atoms with Crippen LogP contribution in [-0.2, 0) is 23.0 Å². The number of carbonyl (C=O) groups excluding carboxylic acids is 1. The van der Waals surface area contributed by atoms with Crippen molar-refractivity contribution < 1.29 is 13.2 Å². The summed E-state index contributed by atoms with van der Waals surface area (Å²) in [7, 11) is -3.60. The number of sulfonamides is 1. The molecule has 0 radical (unpaired) electrons. The Morgan fingerprint density at radius 3 is 2.39 bits per heavy atom. The normalized spacial score (nSPS) is 15.2. The van der Waals surface area contributed by atoms with Crippen molar-refractivity contribution in [3.63, 3.8) is 0 Å². The average Bonchev–Trinajstić information content (AvgIpc) is 3.22. The zero-order valence-corrected chi connectivity index (χ0v) is 18.2. The summed E-state index contributed by atoms with van der Waals surface area (Å²) in [6.07, 6.45) is 5.20. The van der Waals surface area contributed by atoms with Crippen LogP contribution in [0.2, 0.25) is 0 Å². The number of piperazine rings is 1. The molecule has 0 unspecified atom stereocenters. The second-order valence-corrected chi connectivity index (χ2v) is 9.32. The van der Waals surface area contributed by atoms with Crippen LogP contribution in [0.15, 0.2) is 66.0 Å². The molecule has 1 aliphatic rings. The van der Waals surface area contributed by atoms with Gasteiger partial charge in [-0.05, 0) is 24.1 Å². The zero-order chi connectivity index (χ0) is 21.8. The smallest absolute Gasteiger partial charge is 0.257 e. The third kappa shape index (κ3) is 4.38. The van der Waals surface area contributed by atoms with Crippen LogP contribution in [0.3, 0.4) is 0 Å². The van der Waals surface area contributed by atoms with E-state index < -0.39 is 10.0 Å². The number of rotatable bonds is 6. The van der Waals surface area contributed by atoms with Crippen molar-refractivity contribution in [1.29, 1.82) is 0 Å². The predicted octanol–water partition coefficient (Wildman–Crippen LogP) is 2.04. The van der Waals surface area contributed by atoms with Crippen molar-refractivity contribution in [3.05, 3.63) is 77.9 Å². The minimum atomic E-state index is -3.60. The lowest BCUT2D eigenvalue weighted by Gasteiger charge is -2.34. The van der Waals surface area contributed by atoms with Gasteiger partial charge in [0.1, 0.15) is 4.90 Å². The summed E-state index contributed by atoms with van der Waals surface area (Å²) in [5.74, 6) is -0.102. The summed E-state index contributed by atoms with van der Waals surface area (Å²) in [4.78, 5) is 18.9. The van der Waals surface area contributed by atoms with E-state index in [1.807, 2.05) is 41.9 Å². The van der Waals surface area contributed by atoms with Crippen LogP contribution in [0.5, 0.6) is 0 Å². The van der Waals surface area contributed by atoms with E-state index in [2.05, 4.69) is 10.1 Å². The summed E-state index contributed by atoms with van der Waals surface area (Å²) in [5.41, 5.74) is 2.59. The van der Waals surface area contributed by atoms with Crippen LogP contribution >= 0.6 is 0 Å². The van der Waals surface area contributed by atoms with E-state index in [1.165, 1.54) is 16.6 Å². The van der Waals surface area contributed by atoms with Crippen molar-refractivity contribution in [2.75, 3.05) is 26.2 Å². The number of hydrogen-bond acceptors (Lipinski definition) is 5. The van der Waals surface area contributed by atoms with Gasteiger partial charge in [0.05, 0.1) is 24.0 Å². The lowest BCUT2D eigenvalue weighted by atomic mass is 10.1. The van der Waals surface area contributed by atoms with Gasteiger partial charge in [-0.3, -0.25) is 14.5 Å². The Morgan fingerprint density at radius 2 is 1.74 bits per heavy atom. The first-order valence-electron chi connectivity index (χ1n) is 10.3. The van der Waals surface area contributed by atoms with Crippen molar-refractivity contribution in [2.24, 2.45) is 0 Å². The molecule has 0 saturated carbocycles.